The molecule has 1 N–H and O–H groups in total. The minimum absolute atomic E-state index is 0.354. The quantitative estimate of drug-likeness (QED) is 0.719. The van der Waals surface area contributed by atoms with Gasteiger partial charge in [0.15, 0.2) is 5.65 Å². The van der Waals surface area contributed by atoms with Gasteiger partial charge in [-0.2, -0.15) is 4.31 Å². The highest BCUT2D eigenvalue weighted by Crippen LogP contribution is 2.26. The van der Waals surface area contributed by atoms with Crippen LogP contribution in [0.15, 0.2) is 41.4 Å². The van der Waals surface area contributed by atoms with E-state index in [1.807, 2.05) is 18.2 Å². The summed E-state index contributed by atoms with van der Waals surface area (Å²) in [5.41, 5.74) is 2.56. The first-order valence-electron chi connectivity index (χ1n) is 8.12. The van der Waals surface area contributed by atoms with Crippen molar-refractivity contribution in [2.24, 2.45) is 0 Å². The van der Waals surface area contributed by atoms with Crippen LogP contribution in [0.25, 0.3) is 11.2 Å². The summed E-state index contributed by atoms with van der Waals surface area (Å²) >= 11 is 0. The van der Waals surface area contributed by atoms with Crippen LogP contribution in [0.1, 0.15) is 17.7 Å². The largest absolute Gasteiger partial charge is 0.467 e. The van der Waals surface area contributed by atoms with Crippen LogP contribution in [0.4, 0.5) is 5.95 Å². The number of nitrogens with one attached hydrogen (secondary N) is 1. The van der Waals surface area contributed by atoms with E-state index in [1.165, 1.54) is 10.6 Å². The van der Waals surface area contributed by atoms with Gasteiger partial charge in [0.05, 0.1) is 19.1 Å². The molecule has 0 unspecified atom stereocenters. The first kappa shape index (κ1) is 16.7. The van der Waals surface area contributed by atoms with E-state index in [4.69, 9.17) is 4.42 Å². The molecule has 0 radical (unpaired) electrons. The third kappa shape index (κ3) is 3.20. The van der Waals surface area contributed by atoms with E-state index in [0.717, 1.165) is 16.9 Å². The highest BCUT2D eigenvalue weighted by Gasteiger charge is 2.22. The van der Waals surface area contributed by atoms with Gasteiger partial charge >= 0.3 is 0 Å². The van der Waals surface area contributed by atoms with Crippen molar-refractivity contribution in [3.05, 3.63) is 48.3 Å². The molecule has 0 aliphatic carbocycles. The Morgan fingerprint density at radius 3 is 2.96 bits per heavy atom. The molecule has 1 aliphatic heterocycles. The molecule has 136 valence electrons. The Hall–Kier alpha value is -2.72. The minimum atomic E-state index is -3.18. The fraction of sp³-hybridized carbons (Fsp3) is 0.312. The summed E-state index contributed by atoms with van der Waals surface area (Å²) in [6, 6.07) is 3.71. The van der Waals surface area contributed by atoms with Gasteiger partial charge in [0.1, 0.15) is 12.1 Å². The van der Waals surface area contributed by atoms with Crippen molar-refractivity contribution in [3.63, 3.8) is 0 Å². The monoisotopic (exact) mass is 374 g/mol. The van der Waals surface area contributed by atoms with Gasteiger partial charge in [-0.3, -0.25) is 4.40 Å². The van der Waals surface area contributed by atoms with Crippen molar-refractivity contribution in [2.75, 3.05) is 24.7 Å². The lowest BCUT2D eigenvalue weighted by Crippen LogP contribution is -2.33. The van der Waals surface area contributed by atoms with Crippen LogP contribution in [0.2, 0.25) is 0 Å². The van der Waals surface area contributed by atoms with Crippen molar-refractivity contribution in [1.82, 2.24) is 23.9 Å². The summed E-state index contributed by atoms with van der Waals surface area (Å²) in [7, 11) is -3.18. The highest BCUT2D eigenvalue weighted by atomic mass is 32.2. The van der Waals surface area contributed by atoms with Gasteiger partial charge in [-0.15, -0.1) is 10.2 Å². The molecule has 0 aromatic carbocycles. The van der Waals surface area contributed by atoms with Gasteiger partial charge in [0.25, 0.3) is 0 Å². The molecule has 0 saturated carbocycles. The average molecular weight is 374 g/mol. The first-order chi connectivity index (χ1) is 12.5. The summed E-state index contributed by atoms with van der Waals surface area (Å²) in [5.74, 6) is 1.41. The van der Waals surface area contributed by atoms with E-state index < -0.39 is 10.0 Å². The number of rotatable bonds is 5. The maximum absolute atomic E-state index is 11.7. The zero-order valence-electron chi connectivity index (χ0n) is 14.2. The molecule has 0 atom stereocenters. The van der Waals surface area contributed by atoms with E-state index in [0.29, 0.717) is 37.7 Å². The normalized spacial score (nSPS) is 16.0. The zero-order chi connectivity index (χ0) is 18.1. The van der Waals surface area contributed by atoms with Crippen LogP contribution in [-0.2, 0) is 16.6 Å². The SMILES string of the molecule is CS(=O)(=O)N1CC=C(c2cnc(NCc3ccco3)n3cnnc23)CC1. The van der Waals surface area contributed by atoms with Gasteiger partial charge in [0, 0.05) is 24.8 Å². The first-order valence-corrected chi connectivity index (χ1v) is 9.97. The van der Waals surface area contributed by atoms with E-state index in [9.17, 15) is 8.42 Å². The number of anilines is 1. The standard InChI is InChI=1S/C16H18N6O3S/c1-26(23,24)21-6-4-12(5-7-21)14-10-18-16(22-11-19-20-15(14)22)17-9-13-3-2-8-25-13/h2-4,8,10-11H,5-7,9H2,1H3,(H,17,18). The van der Waals surface area contributed by atoms with Crippen LogP contribution in [0.3, 0.4) is 0 Å². The second-order valence-corrected chi connectivity index (χ2v) is 8.04. The number of furan rings is 1. The number of hydrogen-bond donors (Lipinski definition) is 1. The minimum Gasteiger partial charge on any atom is -0.467 e. The molecule has 4 rings (SSSR count). The van der Waals surface area contributed by atoms with Crippen LogP contribution in [0.5, 0.6) is 0 Å². The predicted octanol–water partition coefficient (Wildman–Crippen LogP) is 1.38. The number of nitrogens with zero attached hydrogens (tertiary/aromatic N) is 5. The maximum atomic E-state index is 11.7. The van der Waals surface area contributed by atoms with Gasteiger partial charge in [-0.25, -0.2) is 13.4 Å². The molecule has 0 amide bonds. The van der Waals surface area contributed by atoms with Crippen LogP contribution in [0, 0.1) is 0 Å². The molecule has 1 aliphatic rings. The third-order valence-electron chi connectivity index (χ3n) is 4.32. The molecular weight excluding hydrogens is 356 g/mol. The molecule has 4 heterocycles. The summed E-state index contributed by atoms with van der Waals surface area (Å²) in [6.45, 7) is 1.30. The Labute approximate surface area is 150 Å². The van der Waals surface area contributed by atoms with Crippen molar-refractivity contribution >= 4 is 27.2 Å². The highest BCUT2D eigenvalue weighted by molar-refractivity contribution is 7.88. The maximum Gasteiger partial charge on any atom is 0.211 e. The predicted molar refractivity (Wildman–Crippen MR) is 95.8 cm³/mol. The Balaban J connectivity index is 1.61. The van der Waals surface area contributed by atoms with Gasteiger partial charge in [-0.1, -0.05) is 6.08 Å². The lowest BCUT2D eigenvalue weighted by atomic mass is 10.0. The number of fused-ring (bicyclic) bond motifs is 1. The van der Waals surface area contributed by atoms with Crippen molar-refractivity contribution in [1.29, 1.82) is 0 Å². The molecule has 9 nitrogen and oxygen atoms in total. The molecule has 0 spiro atoms. The summed E-state index contributed by atoms with van der Waals surface area (Å²) in [6.07, 6.45) is 8.71. The smallest absolute Gasteiger partial charge is 0.211 e. The van der Waals surface area contributed by atoms with Gasteiger partial charge in [0.2, 0.25) is 16.0 Å². The topological polar surface area (TPSA) is 106 Å². The van der Waals surface area contributed by atoms with Crippen LogP contribution >= 0.6 is 0 Å². The average Bonchev–Trinajstić information content (AvgIpc) is 3.31. The van der Waals surface area contributed by atoms with Gasteiger partial charge in [-0.05, 0) is 24.1 Å². The van der Waals surface area contributed by atoms with Crippen molar-refractivity contribution in [2.45, 2.75) is 13.0 Å². The van der Waals surface area contributed by atoms with Crippen molar-refractivity contribution < 1.29 is 12.8 Å². The Kier molecular flexibility index (Phi) is 4.21. The fourth-order valence-corrected chi connectivity index (χ4v) is 3.72. The molecule has 3 aromatic heterocycles. The number of aromatic nitrogens is 4. The molecule has 10 heteroatoms. The number of sulfonamides is 1. The van der Waals surface area contributed by atoms with E-state index in [1.54, 1.807) is 23.2 Å². The fourth-order valence-electron chi connectivity index (χ4n) is 2.95. The van der Waals surface area contributed by atoms with E-state index >= 15 is 0 Å². The zero-order valence-corrected chi connectivity index (χ0v) is 15.0. The third-order valence-corrected chi connectivity index (χ3v) is 5.59. The summed E-state index contributed by atoms with van der Waals surface area (Å²) in [5, 5.41) is 11.4. The molecular formula is C16H18N6O3S. The lowest BCUT2D eigenvalue weighted by Gasteiger charge is -2.24. The second kappa shape index (κ2) is 6.54. The molecule has 0 saturated heterocycles. The van der Waals surface area contributed by atoms with Crippen LogP contribution < -0.4 is 5.32 Å². The summed E-state index contributed by atoms with van der Waals surface area (Å²) < 4.78 is 31.9. The Morgan fingerprint density at radius 2 is 2.27 bits per heavy atom. The molecule has 0 fully saturated rings. The molecule has 26 heavy (non-hydrogen) atoms. The van der Waals surface area contributed by atoms with E-state index in [2.05, 4.69) is 20.5 Å². The summed E-state index contributed by atoms with van der Waals surface area (Å²) in [4.78, 5) is 4.48. The number of hydrogen-bond acceptors (Lipinski definition) is 7. The lowest BCUT2D eigenvalue weighted by molar-refractivity contribution is 0.446. The van der Waals surface area contributed by atoms with Crippen molar-refractivity contribution in [3.8, 4) is 0 Å². The molecule has 3 aromatic rings. The molecule has 0 bridgehead atoms. The Morgan fingerprint density at radius 1 is 1.38 bits per heavy atom. The van der Waals surface area contributed by atoms with Crippen LogP contribution in [-0.4, -0.2) is 51.7 Å². The second-order valence-electron chi connectivity index (χ2n) is 6.05. The Bertz CT molecular complexity index is 1060. The van der Waals surface area contributed by atoms with E-state index in [-0.39, 0.29) is 0 Å². The van der Waals surface area contributed by atoms with Gasteiger partial charge < -0.3 is 9.73 Å².